The molecular weight excluding hydrogens is 222 g/mol. The molecule has 2 fully saturated rings. The van der Waals surface area contributed by atoms with E-state index in [1.807, 2.05) is 0 Å². The number of amides is 1. The van der Waals surface area contributed by atoms with Crippen LogP contribution < -0.4 is 5.32 Å². The Morgan fingerprint density at radius 3 is 2.35 bits per heavy atom. The third-order valence-corrected chi connectivity index (χ3v) is 3.31. The van der Waals surface area contributed by atoms with Crippen LogP contribution >= 0.6 is 0 Å². The summed E-state index contributed by atoms with van der Waals surface area (Å²) >= 11 is 0. The highest BCUT2D eigenvalue weighted by molar-refractivity contribution is 5.88. The molecule has 0 saturated heterocycles. The van der Waals surface area contributed by atoms with E-state index in [-0.39, 0.29) is 5.92 Å². The van der Waals surface area contributed by atoms with Gasteiger partial charge in [0.05, 0.1) is 0 Å². The molecule has 0 spiro atoms. The van der Waals surface area contributed by atoms with E-state index >= 15 is 0 Å². The lowest BCUT2D eigenvalue weighted by molar-refractivity contribution is -0.141. The standard InChI is InChI=1S/C12H19NO4/c1-11(2,3)17-10(16)13-12(9(14)15)6-8(12)7-4-5-7/h7-8H,4-6H2,1-3H3,(H,13,16)(H,14,15)/t8-,12+/m0/s1. The Hall–Kier alpha value is -1.26. The van der Waals surface area contributed by atoms with Crippen LogP contribution in [0.15, 0.2) is 0 Å². The average molecular weight is 241 g/mol. The summed E-state index contributed by atoms with van der Waals surface area (Å²) in [5, 5.41) is 11.8. The third-order valence-electron chi connectivity index (χ3n) is 3.31. The zero-order valence-electron chi connectivity index (χ0n) is 10.4. The van der Waals surface area contributed by atoms with Gasteiger partial charge in [0.1, 0.15) is 11.1 Å². The minimum absolute atomic E-state index is 0.0903. The summed E-state index contributed by atoms with van der Waals surface area (Å²) in [6.07, 6.45) is 2.06. The first-order chi connectivity index (χ1) is 7.74. The summed E-state index contributed by atoms with van der Waals surface area (Å²) in [5.41, 5.74) is -1.67. The fourth-order valence-electron chi connectivity index (χ4n) is 2.28. The fourth-order valence-corrected chi connectivity index (χ4v) is 2.28. The first-order valence-electron chi connectivity index (χ1n) is 5.99. The molecule has 2 rings (SSSR count). The van der Waals surface area contributed by atoms with Crippen molar-refractivity contribution in [3.63, 3.8) is 0 Å². The lowest BCUT2D eigenvalue weighted by Gasteiger charge is -2.22. The van der Waals surface area contributed by atoms with E-state index in [9.17, 15) is 14.7 Å². The van der Waals surface area contributed by atoms with Crippen LogP contribution in [-0.2, 0) is 9.53 Å². The monoisotopic (exact) mass is 241 g/mol. The van der Waals surface area contributed by atoms with Crippen molar-refractivity contribution in [1.29, 1.82) is 0 Å². The molecule has 0 bridgehead atoms. The minimum atomic E-state index is -1.07. The van der Waals surface area contributed by atoms with Crippen LogP contribution in [0.2, 0.25) is 0 Å². The van der Waals surface area contributed by atoms with E-state index in [1.54, 1.807) is 20.8 Å². The van der Waals surface area contributed by atoms with Crippen LogP contribution in [0.4, 0.5) is 4.79 Å². The molecule has 96 valence electrons. The van der Waals surface area contributed by atoms with Gasteiger partial charge in [0.2, 0.25) is 0 Å². The number of alkyl carbamates (subject to hydrolysis) is 1. The molecule has 0 aromatic heterocycles. The van der Waals surface area contributed by atoms with Gasteiger partial charge in [0.25, 0.3) is 0 Å². The van der Waals surface area contributed by atoms with Gasteiger partial charge in [0, 0.05) is 0 Å². The molecule has 1 amide bonds. The van der Waals surface area contributed by atoms with Crippen molar-refractivity contribution >= 4 is 12.1 Å². The maximum atomic E-state index is 11.6. The number of carboxylic acids is 1. The van der Waals surface area contributed by atoms with Gasteiger partial charge in [-0.3, -0.25) is 0 Å². The molecular formula is C12H19NO4. The highest BCUT2D eigenvalue weighted by atomic mass is 16.6. The van der Waals surface area contributed by atoms with E-state index in [2.05, 4.69) is 5.32 Å². The smallest absolute Gasteiger partial charge is 0.408 e. The van der Waals surface area contributed by atoms with Crippen molar-refractivity contribution in [1.82, 2.24) is 5.32 Å². The first kappa shape index (κ1) is 12.2. The SMILES string of the molecule is CC(C)(C)OC(=O)N[C@]1(C(=O)O)C[C@H]1C1CC1. The molecule has 0 aromatic carbocycles. The van der Waals surface area contributed by atoms with E-state index in [0.29, 0.717) is 12.3 Å². The predicted molar refractivity (Wildman–Crippen MR) is 60.6 cm³/mol. The van der Waals surface area contributed by atoms with Crippen molar-refractivity contribution in [2.75, 3.05) is 0 Å². The Bertz CT molecular complexity index is 356. The normalized spacial score (nSPS) is 31.8. The molecule has 0 aliphatic heterocycles. The number of nitrogens with one attached hydrogen (secondary N) is 1. The average Bonchev–Trinajstić information content (AvgIpc) is 2.90. The second-order valence-corrected chi connectivity index (χ2v) is 6.05. The molecule has 5 nitrogen and oxygen atoms in total. The number of carbonyl (C=O) groups excluding carboxylic acids is 1. The zero-order valence-corrected chi connectivity index (χ0v) is 10.4. The maximum Gasteiger partial charge on any atom is 0.408 e. The number of hydrogen-bond donors (Lipinski definition) is 2. The molecule has 0 unspecified atom stereocenters. The fraction of sp³-hybridized carbons (Fsp3) is 0.833. The highest BCUT2D eigenvalue weighted by Gasteiger charge is 2.66. The quantitative estimate of drug-likeness (QED) is 0.789. The van der Waals surface area contributed by atoms with E-state index in [0.717, 1.165) is 12.8 Å². The van der Waals surface area contributed by atoms with Crippen LogP contribution in [0, 0.1) is 11.8 Å². The largest absolute Gasteiger partial charge is 0.479 e. The Kier molecular flexibility index (Phi) is 2.60. The van der Waals surface area contributed by atoms with E-state index in [1.165, 1.54) is 0 Å². The zero-order chi connectivity index (χ0) is 12.8. The Morgan fingerprint density at radius 1 is 1.35 bits per heavy atom. The van der Waals surface area contributed by atoms with Gasteiger partial charge in [-0.05, 0) is 51.9 Å². The van der Waals surface area contributed by atoms with Gasteiger partial charge in [-0.25, -0.2) is 9.59 Å². The number of carboxylic acid groups (broad SMARTS) is 1. The van der Waals surface area contributed by atoms with Crippen molar-refractivity contribution in [3.8, 4) is 0 Å². The van der Waals surface area contributed by atoms with Crippen LogP contribution in [0.5, 0.6) is 0 Å². The minimum Gasteiger partial charge on any atom is -0.479 e. The van der Waals surface area contributed by atoms with Gasteiger partial charge in [-0.15, -0.1) is 0 Å². The van der Waals surface area contributed by atoms with Crippen LogP contribution in [0.3, 0.4) is 0 Å². The lowest BCUT2D eigenvalue weighted by Crippen LogP contribution is -2.47. The number of ether oxygens (including phenoxy) is 1. The lowest BCUT2D eigenvalue weighted by atomic mass is 10.1. The topological polar surface area (TPSA) is 75.6 Å². The summed E-state index contributed by atoms with van der Waals surface area (Å²) < 4.78 is 5.10. The molecule has 0 aromatic rings. The summed E-state index contributed by atoms with van der Waals surface area (Å²) in [7, 11) is 0. The Balaban J connectivity index is 1.96. The maximum absolute atomic E-state index is 11.6. The molecule has 0 heterocycles. The predicted octanol–water partition coefficient (Wildman–Crippen LogP) is 1.76. The van der Waals surface area contributed by atoms with Crippen molar-refractivity contribution < 1.29 is 19.4 Å². The Labute approximate surface area is 101 Å². The van der Waals surface area contributed by atoms with Gasteiger partial charge in [0.15, 0.2) is 0 Å². The molecule has 2 saturated carbocycles. The number of aliphatic carboxylic acids is 1. The summed E-state index contributed by atoms with van der Waals surface area (Å²) in [6, 6.07) is 0. The third kappa shape index (κ3) is 2.53. The first-order valence-corrected chi connectivity index (χ1v) is 5.99. The van der Waals surface area contributed by atoms with Crippen LogP contribution in [0.1, 0.15) is 40.0 Å². The van der Waals surface area contributed by atoms with E-state index in [4.69, 9.17) is 4.74 Å². The summed E-state index contributed by atoms with van der Waals surface area (Å²) in [4.78, 5) is 22.9. The van der Waals surface area contributed by atoms with Gasteiger partial charge in [-0.2, -0.15) is 0 Å². The van der Waals surface area contributed by atoms with Gasteiger partial charge in [-0.1, -0.05) is 0 Å². The van der Waals surface area contributed by atoms with Crippen molar-refractivity contribution in [3.05, 3.63) is 0 Å². The second kappa shape index (κ2) is 3.62. The highest BCUT2D eigenvalue weighted by Crippen LogP contribution is 2.57. The molecule has 2 atom stereocenters. The van der Waals surface area contributed by atoms with E-state index < -0.39 is 23.2 Å². The summed E-state index contributed by atoms with van der Waals surface area (Å²) in [6.45, 7) is 5.27. The number of carbonyl (C=O) groups is 2. The second-order valence-electron chi connectivity index (χ2n) is 6.05. The van der Waals surface area contributed by atoms with Crippen LogP contribution in [0.25, 0.3) is 0 Å². The molecule has 2 N–H and O–H groups in total. The van der Waals surface area contributed by atoms with Gasteiger partial charge >= 0.3 is 12.1 Å². The molecule has 17 heavy (non-hydrogen) atoms. The van der Waals surface area contributed by atoms with Crippen molar-refractivity contribution in [2.24, 2.45) is 11.8 Å². The number of rotatable bonds is 3. The van der Waals surface area contributed by atoms with Gasteiger partial charge < -0.3 is 15.2 Å². The Morgan fingerprint density at radius 2 is 1.94 bits per heavy atom. The molecule has 0 radical (unpaired) electrons. The molecule has 2 aliphatic carbocycles. The van der Waals surface area contributed by atoms with Crippen molar-refractivity contribution in [2.45, 2.75) is 51.2 Å². The summed E-state index contributed by atoms with van der Waals surface area (Å²) in [5.74, 6) is -0.381. The van der Waals surface area contributed by atoms with Crippen LogP contribution in [-0.4, -0.2) is 28.3 Å². The number of hydrogen-bond acceptors (Lipinski definition) is 3. The molecule has 5 heteroatoms. The molecule has 2 aliphatic rings.